The lowest BCUT2D eigenvalue weighted by Gasteiger charge is -2.14. The van der Waals surface area contributed by atoms with E-state index in [1.165, 1.54) is 30.3 Å². The number of benzene rings is 2. The van der Waals surface area contributed by atoms with Crippen molar-refractivity contribution in [3.05, 3.63) is 58.6 Å². The SMILES string of the molecule is CCC(N)Cc1cc(F)ccc1Oc1ccc(Cl)c(F)c1. The zero-order valence-electron chi connectivity index (χ0n) is 11.6. The predicted molar refractivity (Wildman–Crippen MR) is 79.9 cm³/mol. The quantitative estimate of drug-likeness (QED) is 0.869. The van der Waals surface area contributed by atoms with E-state index in [1.54, 1.807) is 6.07 Å². The third kappa shape index (κ3) is 4.16. The molecular weight excluding hydrogens is 296 g/mol. The summed E-state index contributed by atoms with van der Waals surface area (Å²) >= 11 is 5.63. The maximum absolute atomic E-state index is 13.4. The molecule has 2 N–H and O–H groups in total. The summed E-state index contributed by atoms with van der Waals surface area (Å²) < 4.78 is 32.4. The summed E-state index contributed by atoms with van der Waals surface area (Å²) in [7, 11) is 0. The van der Waals surface area contributed by atoms with Crippen molar-refractivity contribution in [1.29, 1.82) is 0 Å². The topological polar surface area (TPSA) is 35.2 Å². The standard InChI is InChI=1S/C16H16ClF2NO/c1-2-12(20)8-10-7-11(18)3-6-16(10)21-13-4-5-14(17)15(19)9-13/h3-7,9,12H,2,8,20H2,1H3. The molecule has 0 heterocycles. The molecule has 0 aliphatic heterocycles. The van der Waals surface area contributed by atoms with Gasteiger partial charge in [0.2, 0.25) is 0 Å². The van der Waals surface area contributed by atoms with Crippen LogP contribution in [0, 0.1) is 11.6 Å². The molecular formula is C16H16ClF2NO. The number of hydrogen-bond donors (Lipinski definition) is 1. The average molecular weight is 312 g/mol. The highest BCUT2D eigenvalue weighted by Crippen LogP contribution is 2.29. The Kier molecular flexibility index (Phi) is 5.15. The van der Waals surface area contributed by atoms with Crippen molar-refractivity contribution in [2.75, 3.05) is 0 Å². The molecule has 2 rings (SSSR count). The molecule has 0 aromatic heterocycles. The second-order valence-electron chi connectivity index (χ2n) is 4.80. The van der Waals surface area contributed by atoms with Crippen LogP contribution in [0.2, 0.25) is 5.02 Å². The van der Waals surface area contributed by atoms with Crippen molar-refractivity contribution in [2.24, 2.45) is 5.73 Å². The van der Waals surface area contributed by atoms with Crippen LogP contribution in [0.3, 0.4) is 0 Å². The van der Waals surface area contributed by atoms with Crippen LogP contribution in [0.1, 0.15) is 18.9 Å². The first-order chi connectivity index (χ1) is 9.99. The van der Waals surface area contributed by atoms with Crippen LogP contribution in [0.5, 0.6) is 11.5 Å². The van der Waals surface area contributed by atoms with Crippen LogP contribution in [0.15, 0.2) is 36.4 Å². The first kappa shape index (κ1) is 15.7. The molecule has 2 aromatic rings. The van der Waals surface area contributed by atoms with E-state index in [9.17, 15) is 8.78 Å². The van der Waals surface area contributed by atoms with E-state index in [0.717, 1.165) is 6.42 Å². The molecule has 0 radical (unpaired) electrons. The molecule has 5 heteroatoms. The molecule has 21 heavy (non-hydrogen) atoms. The Morgan fingerprint density at radius 1 is 1.19 bits per heavy atom. The zero-order valence-corrected chi connectivity index (χ0v) is 12.3. The number of rotatable bonds is 5. The Morgan fingerprint density at radius 2 is 1.95 bits per heavy atom. The van der Waals surface area contributed by atoms with Crippen LogP contribution >= 0.6 is 11.6 Å². The van der Waals surface area contributed by atoms with E-state index < -0.39 is 5.82 Å². The second-order valence-corrected chi connectivity index (χ2v) is 5.21. The third-order valence-electron chi connectivity index (χ3n) is 3.15. The molecule has 0 saturated heterocycles. The summed E-state index contributed by atoms with van der Waals surface area (Å²) in [5, 5.41) is 0.0229. The summed E-state index contributed by atoms with van der Waals surface area (Å²) in [6.45, 7) is 1.96. The third-order valence-corrected chi connectivity index (χ3v) is 3.45. The van der Waals surface area contributed by atoms with Crippen molar-refractivity contribution >= 4 is 11.6 Å². The maximum Gasteiger partial charge on any atom is 0.145 e. The van der Waals surface area contributed by atoms with Gasteiger partial charge in [0.25, 0.3) is 0 Å². The lowest BCUT2D eigenvalue weighted by Crippen LogP contribution is -2.21. The summed E-state index contributed by atoms with van der Waals surface area (Å²) in [6, 6.07) is 8.26. The van der Waals surface area contributed by atoms with Gasteiger partial charge >= 0.3 is 0 Å². The molecule has 1 unspecified atom stereocenters. The van der Waals surface area contributed by atoms with E-state index in [1.807, 2.05) is 6.92 Å². The second kappa shape index (κ2) is 6.87. The fraction of sp³-hybridized carbons (Fsp3) is 0.250. The minimum absolute atomic E-state index is 0.0229. The molecule has 0 saturated carbocycles. The number of halogens is 3. The van der Waals surface area contributed by atoms with Crippen LogP contribution in [0.25, 0.3) is 0 Å². The van der Waals surface area contributed by atoms with Gasteiger partial charge in [-0.3, -0.25) is 0 Å². The van der Waals surface area contributed by atoms with Crippen LogP contribution in [0.4, 0.5) is 8.78 Å². The Morgan fingerprint density at radius 3 is 2.62 bits per heavy atom. The summed E-state index contributed by atoms with van der Waals surface area (Å²) in [4.78, 5) is 0. The molecule has 0 aliphatic carbocycles. The summed E-state index contributed by atoms with van der Waals surface area (Å²) in [6.07, 6.45) is 1.26. The van der Waals surface area contributed by atoms with Gasteiger partial charge in [0.05, 0.1) is 5.02 Å². The number of ether oxygens (including phenoxy) is 1. The van der Waals surface area contributed by atoms with Gasteiger partial charge in [-0.25, -0.2) is 8.78 Å². The molecule has 2 aromatic carbocycles. The van der Waals surface area contributed by atoms with Crippen molar-refractivity contribution < 1.29 is 13.5 Å². The van der Waals surface area contributed by atoms with Crippen molar-refractivity contribution in [1.82, 2.24) is 0 Å². The number of nitrogens with two attached hydrogens (primary N) is 1. The van der Waals surface area contributed by atoms with Crippen LogP contribution < -0.4 is 10.5 Å². The van der Waals surface area contributed by atoms with Gasteiger partial charge in [-0.1, -0.05) is 18.5 Å². The maximum atomic E-state index is 13.4. The van der Waals surface area contributed by atoms with E-state index in [-0.39, 0.29) is 16.9 Å². The van der Waals surface area contributed by atoms with Crippen LogP contribution in [-0.4, -0.2) is 6.04 Å². The largest absolute Gasteiger partial charge is 0.457 e. The lowest BCUT2D eigenvalue weighted by atomic mass is 10.0. The Balaban J connectivity index is 2.28. The number of hydrogen-bond acceptors (Lipinski definition) is 2. The molecule has 0 amide bonds. The Hall–Kier alpha value is -1.65. The van der Waals surface area contributed by atoms with E-state index in [4.69, 9.17) is 22.1 Å². The van der Waals surface area contributed by atoms with Gasteiger partial charge in [-0.15, -0.1) is 0 Å². The summed E-state index contributed by atoms with van der Waals surface area (Å²) in [5.41, 5.74) is 6.56. The average Bonchev–Trinajstić information content (AvgIpc) is 2.45. The first-order valence-corrected chi connectivity index (χ1v) is 7.04. The van der Waals surface area contributed by atoms with Gasteiger partial charge in [0.15, 0.2) is 0 Å². The van der Waals surface area contributed by atoms with E-state index in [2.05, 4.69) is 0 Å². The van der Waals surface area contributed by atoms with Gasteiger partial charge in [0.1, 0.15) is 23.1 Å². The first-order valence-electron chi connectivity index (χ1n) is 6.66. The van der Waals surface area contributed by atoms with Crippen molar-refractivity contribution in [3.63, 3.8) is 0 Å². The Bertz CT molecular complexity index is 634. The molecule has 0 aliphatic rings. The van der Waals surface area contributed by atoms with E-state index in [0.29, 0.717) is 23.5 Å². The fourth-order valence-corrected chi connectivity index (χ4v) is 2.02. The predicted octanol–water partition coefficient (Wildman–Crippen LogP) is 4.69. The van der Waals surface area contributed by atoms with Gasteiger partial charge in [-0.05, 0) is 48.7 Å². The Labute approximate surface area is 127 Å². The summed E-state index contributed by atoms with van der Waals surface area (Å²) in [5.74, 6) is -0.164. The molecule has 0 spiro atoms. The zero-order chi connectivity index (χ0) is 15.4. The monoisotopic (exact) mass is 311 g/mol. The minimum Gasteiger partial charge on any atom is -0.457 e. The molecule has 0 bridgehead atoms. The molecule has 0 fully saturated rings. The molecule has 112 valence electrons. The molecule has 1 atom stereocenters. The highest BCUT2D eigenvalue weighted by Gasteiger charge is 2.11. The smallest absolute Gasteiger partial charge is 0.145 e. The highest BCUT2D eigenvalue weighted by atomic mass is 35.5. The molecule has 2 nitrogen and oxygen atoms in total. The van der Waals surface area contributed by atoms with Gasteiger partial charge < -0.3 is 10.5 Å². The van der Waals surface area contributed by atoms with Crippen LogP contribution in [-0.2, 0) is 6.42 Å². The minimum atomic E-state index is -0.567. The van der Waals surface area contributed by atoms with Gasteiger partial charge in [-0.2, -0.15) is 0 Å². The fourth-order valence-electron chi connectivity index (χ4n) is 1.90. The van der Waals surface area contributed by atoms with E-state index >= 15 is 0 Å². The normalized spacial score (nSPS) is 12.2. The van der Waals surface area contributed by atoms with Crippen molar-refractivity contribution in [2.45, 2.75) is 25.8 Å². The lowest BCUT2D eigenvalue weighted by molar-refractivity contribution is 0.464. The van der Waals surface area contributed by atoms with Gasteiger partial charge in [0, 0.05) is 12.1 Å². The highest BCUT2D eigenvalue weighted by molar-refractivity contribution is 6.30. The van der Waals surface area contributed by atoms with Crippen molar-refractivity contribution in [3.8, 4) is 11.5 Å².